The fraction of sp³-hybridized carbons (Fsp3) is 0.556. The van der Waals surface area contributed by atoms with Crippen molar-refractivity contribution in [2.45, 2.75) is 32.4 Å². The molecule has 0 bridgehead atoms. The van der Waals surface area contributed by atoms with E-state index in [0.29, 0.717) is 12.2 Å². The smallest absolute Gasteiger partial charge is 0.224 e. The van der Waals surface area contributed by atoms with Crippen LogP contribution in [0.4, 0.5) is 5.82 Å². The molecule has 6 heteroatoms. The van der Waals surface area contributed by atoms with Crippen LogP contribution in [0.3, 0.4) is 0 Å². The number of aromatic nitrogens is 2. The van der Waals surface area contributed by atoms with Crippen LogP contribution in [0, 0.1) is 0 Å². The Morgan fingerprint density at radius 2 is 2.33 bits per heavy atom. The van der Waals surface area contributed by atoms with Gasteiger partial charge >= 0.3 is 0 Å². The third kappa shape index (κ3) is 3.59. The summed E-state index contributed by atoms with van der Waals surface area (Å²) in [6.45, 7) is 3.81. The minimum absolute atomic E-state index is 0.0859. The van der Waals surface area contributed by atoms with Crippen LogP contribution in [-0.2, 0) is 0 Å². The van der Waals surface area contributed by atoms with Gasteiger partial charge in [0.05, 0.1) is 16.6 Å². The summed E-state index contributed by atoms with van der Waals surface area (Å²) in [7, 11) is 0. The van der Waals surface area contributed by atoms with Crippen LogP contribution in [0.15, 0.2) is 10.7 Å². The lowest BCUT2D eigenvalue weighted by Gasteiger charge is -2.19. The van der Waals surface area contributed by atoms with Gasteiger partial charge in [0.15, 0.2) is 0 Å². The first-order valence-electron chi connectivity index (χ1n) is 4.67. The molecule has 2 atom stereocenters. The third-order valence-corrected chi connectivity index (χ3v) is 2.84. The molecule has 2 unspecified atom stereocenters. The van der Waals surface area contributed by atoms with E-state index >= 15 is 0 Å². The van der Waals surface area contributed by atoms with Gasteiger partial charge < -0.3 is 10.4 Å². The average molecular weight is 295 g/mol. The maximum absolute atomic E-state index is 9.59. The highest BCUT2D eigenvalue weighted by Crippen LogP contribution is 2.21. The lowest BCUT2D eigenvalue weighted by molar-refractivity contribution is 0.154. The van der Waals surface area contributed by atoms with Crippen molar-refractivity contribution in [2.75, 3.05) is 5.32 Å². The van der Waals surface area contributed by atoms with Crippen molar-refractivity contribution in [2.24, 2.45) is 0 Å². The second-order valence-electron chi connectivity index (χ2n) is 3.24. The Morgan fingerprint density at radius 3 is 2.93 bits per heavy atom. The first-order valence-corrected chi connectivity index (χ1v) is 5.84. The molecule has 0 fully saturated rings. The topological polar surface area (TPSA) is 58.0 Å². The lowest BCUT2D eigenvalue weighted by atomic mass is 10.1. The number of hydrogen-bond acceptors (Lipinski definition) is 4. The summed E-state index contributed by atoms with van der Waals surface area (Å²) in [6.07, 6.45) is 1.85. The summed E-state index contributed by atoms with van der Waals surface area (Å²) in [5, 5.41) is 12.8. The molecule has 0 saturated heterocycles. The van der Waals surface area contributed by atoms with Crippen molar-refractivity contribution in [1.82, 2.24) is 9.97 Å². The van der Waals surface area contributed by atoms with Crippen LogP contribution in [0.25, 0.3) is 0 Å². The van der Waals surface area contributed by atoms with Gasteiger partial charge in [0.1, 0.15) is 5.82 Å². The lowest BCUT2D eigenvalue weighted by Crippen LogP contribution is -2.30. The van der Waals surface area contributed by atoms with E-state index in [9.17, 15) is 5.11 Å². The number of hydrogen-bond donors (Lipinski definition) is 2. The fourth-order valence-electron chi connectivity index (χ4n) is 1.11. The number of halogens is 2. The predicted molar refractivity (Wildman–Crippen MR) is 64.1 cm³/mol. The molecule has 1 rings (SSSR count). The zero-order valence-electron chi connectivity index (χ0n) is 8.54. The van der Waals surface area contributed by atoms with Gasteiger partial charge in [-0.25, -0.2) is 4.98 Å². The Kier molecular flexibility index (Phi) is 4.76. The minimum Gasteiger partial charge on any atom is -0.391 e. The molecule has 1 aromatic rings. The Labute approximate surface area is 102 Å². The van der Waals surface area contributed by atoms with E-state index in [0.717, 1.165) is 4.47 Å². The maximum Gasteiger partial charge on any atom is 0.224 e. The van der Waals surface area contributed by atoms with Crippen molar-refractivity contribution >= 4 is 33.3 Å². The van der Waals surface area contributed by atoms with Crippen molar-refractivity contribution in [3.63, 3.8) is 0 Å². The Morgan fingerprint density at radius 1 is 1.67 bits per heavy atom. The van der Waals surface area contributed by atoms with Gasteiger partial charge in [-0.1, -0.05) is 6.92 Å². The van der Waals surface area contributed by atoms with Crippen LogP contribution >= 0.6 is 27.5 Å². The molecule has 2 N–H and O–H groups in total. The van der Waals surface area contributed by atoms with E-state index in [1.165, 1.54) is 0 Å². The van der Waals surface area contributed by atoms with Crippen LogP contribution in [-0.4, -0.2) is 27.2 Å². The first-order chi connectivity index (χ1) is 7.04. The van der Waals surface area contributed by atoms with E-state index in [2.05, 4.69) is 31.2 Å². The number of nitrogens with one attached hydrogen (secondary N) is 1. The molecule has 0 saturated carbocycles. The van der Waals surface area contributed by atoms with Crippen molar-refractivity contribution in [3.05, 3.63) is 16.0 Å². The normalized spacial score (nSPS) is 14.7. The average Bonchev–Trinajstić information content (AvgIpc) is 2.22. The molecule has 84 valence electrons. The van der Waals surface area contributed by atoms with Gasteiger partial charge in [0.25, 0.3) is 0 Å². The summed E-state index contributed by atoms with van der Waals surface area (Å²) in [6, 6.07) is -0.0859. The number of rotatable bonds is 4. The van der Waals surface area contributed by atoms with Gasteiger partial charge in [0.2, 0.25) is 5.28 Å². The van der Waals surface area contributed by atoms with Crippen LogP contribution < -0.4 is 5.32 Å². The molecule has 4 nitrogen and oxygen atoms in total. The van der Waals surface area contributed by atoms with E-state index < -0.39 is 6.10 Å². The monoisotopic (exact) mass is 293 g/mol. The van der Waals surface area contributed by atoms with Gasteiger partial charge in [-0.15, -0.1) is 0 Å². The standard InChI is InChI=1S/C9H13BrClN3O/c1-3-7(15)5(2)13-8-6(10)4-12-9(11)14-8/h4-5,7,15H,3H2,1-2H3,(H,12,13,14). The molecule has 15 heavy (non-hydrogen) atoms. The molecule has 0 spiro atoms. The first kappa shape index (κ1) is 12.7. The SMILES string of the molecule is CCC(O)C(C)Nc1nc(Cl)ncc1Br. The zero-order valence-corrected chi connectivity index (χ0v) is 10.9. The molecule has 0 aliphatic carbocycles. The molecular weight excluding hydrogens is 281 g/mol. The third-order valence-electron chi connectivity index (χ3n) is 2.07. The zero-order chi connectivity index (χ0) is 11.4. The quantitative estimate of drug-likeness (QED) is 0.838. The number of aliphatic hydroxyl groups excluding tert-OH is 1. The molecule has 1 aromatic heterocycles. The second kappa shape index (κ2) is 5.63. The number of nitrogens with zero attached hydrogens (tertiary/aromatic N) is 2. The number of aliphatic hydroxyl groups is 1. The van der Waals surface area contributed by atoms with Crippen molar-refractivity contribution in [1.29, 1.82) is 0 Å². The molecule has 0 radical (unpaired) electrons. The Bertz CT molecular complexity index is 337. The Balaban J connectivity index is 2.75. The van der Waals surface area contributed by atoms with E-state index in [-0.39, 0.29) is 11.3 Å². The van der Waals surface area contributed by atoms with Gasteiger partial charge in [-0.3, -0.25) is 0 Å². The molecule has 1 heterocycles. The molecule has 0 aromatic carbocycles. The van der Waals surface area contributed by atoms with E-state index in [1.807, 2.05) is 13.8 Å². The highest BCUT2D eigenvalue weighted by atomic mass is 79.9. The molecular formula is C9H13BrClN3O. The van der Waals surface area contributed by atoms with E-state index in [4.69, 9.17) is 11.6 Å². The Hall–Kier alpha value is -0.390. The van der Waals surface area contributed by atoms with Crippen molar-refractivity contribution < 1.29 is 5.11 Å². The highest BCUT2D eigenvalue weighted by molar-refractivity contribution is 9.10. The highest BCUT2D eigenvalue weighted by Gasteiger charge is 2.14. The van der Waals surface area contributed by atoms with Crippen molar-refractivity contribution in [3.8, 4) is 0 Å². The summed E-state index contributed by atoms with van der Waals surface area (Å²) >= 11 is 8.97. The summed E-state index contributed by atoms with van der Waals surface area (Å²) < 4.78 is 0.724. The molecule has 0 aliphatic rings. The fourth-order valence-corrected chi connectivity index (χ4v) is 1.55. The van der Waals surface area contributed by atoms with Gasteiger partial charge in [-0.2, -0.15) is 4.98 Å². The minimum atomic E-state index is -0.411. The molecule has 0 aliphatic heterocycles. The second-order valence-corrected chi connectivity index (χ2v) is 4.44. The van der Waals surface area contributed by atoms with E-state index in [1.54, 1.807) is 6.20 Å². The largest absolute Gasteiger partial charge is 0.391 e. The van der Waals surface area contributed by atoms with Gasteiger partial charge in [-0.05, 0) is 40.9 Å². The molecule has 0 amide bonds. The number of anilines is 1. The van der Waals surface area contributed by atoms with Crippen LogP contribution in [0.5, 0.6) is 0 Å². The van der Waals surface area contributed by atoms with Crippen LogP contribution in [0.1, 0.15) is 20.3 Å². The summed E-state index contributed by atoms with van der Waals surface area (Å²) in [4.78, 5) is 7.83. The van der Waals surface area contributed by atoms with Gasteiger partial charge in [0, 0.05) is 6.20 Å². The van der Waals surface area contributed by atoms with Crippen LogP contribution in [0.2, 0.25) is 5.28 Å². The summed E-state index contributed by atoms with van der Waals surface area (Å²) in [5.41, 5.74) is 0. The maximum atomic E-state index is 9.59. The summed E-state index contributed by atoms with van der Waals surface area (Å²) in [5.74, 6) is 0.593. The predicted octanol–water partition coefficient (Wildman–Crippen LogP) is 2.46.